The number of aryl methyl sites for hydroxylation is 4. The summed E-state index contributed by atoms with van der Waals surface area (Å²) in [5, 5.41) is 0. The normalized spacial score (nSPS) is 11.1. The van der Waals surface area contributed by atoms with E-state index < -0.39 is 0 Å². The molecule has 0 aliphatic heterocycles. The average Bonchev–Trinajstić information content (AvgIpc) is 2.32. The number of benzene rings is 1. The monoisotopic (exact) mass is 254 g/mol. The Hall–Kier alpha value is -1.63. The van der Waals surface area contributed by atoms with Crippen LogP contribution in [0.2, 0.25) is 0 Å². The van der Waals surface area contributed by atoms with Crippen molar-refractivity contribution < 1.29 is 4.57 Å². The van der Waals surface area contributed by atoms with Crippen LogP contribution in [0, 0.1) is 20.8 Å². The van der Waals surface area contributed by atoms with Gasteiger partial charge in [-0.25, -0.2) is 4.57 Å². The van der Waals surface area contributed by atoms with E-state index in [1.165, 1.54) is 33.5 Å². The maximum atomic E-state index is 2.37. The first-order chi connectivity index (χ1) is 8.90. The molecule has 2 aromatic rings. The third-order valence-corrected chi connectivity index (χ3v) is 3.82. The van der Waals surface area contributed by atoms with Gasteiger partial charge in [0.05, 0.1) is 0 Å². The maximum Gasteiger partial charge on any atom is 0.212 e. The topological polar surface area (TPSA) is 3.88 Å². The zero-order chi connectivity index (χ0) is 14.2. The van der Waals surface area contributed by atoms with E-state index in [9.17, 15) is 0 Å². The third kappa shape index (κ3) is 2.70. The quantitative estimate of drug-likeness (QED) is 0.706. The molecule has 0 saturated carbocycles. The van der Waals surface area contributed by atoms with Crippen LogP contribution < -0.4 is 4.57 Å². The van der Waals surface area contributed by atoms with Gasteiger partial charge in [-0.15, -0.1) is 0 Å². The number of hydrogen-bond donors (Lipinski definition) is 0. The summed E-state index contributed by atoms with van der Waals surface area (Å²) in [6, 6.07) is 9.09. The predicted octanol–water partition coefficient (Wildman–Crippen LogP) is 4.23. The number of nitrogens with zero attached hydrogens (tertiary/aromatic N) is 1. The fraction of sp³-hybridized carbons (Fsp3) is 0.389. The Balaban J connectivity index is 2.68. The molecule has 100 valence electrons. The molecule has 0 radical (unpaired) electrons. The number of hydrogen-bond acceptors (Lipinski definition) is 0. The molecule has 0 bridgehead atoms. The Morgan fingerprint density at radius 1 is 0.947 bits per heavy atom. The van der Waals surface area contributed by atoms with E-state index in [0.29, 0.717) is 5.92 Å². The average molecular weight is 254 g/mol. The van der Waals surface area contributed by atoms with Gasteiger partial charge in [0.25, 0.3) is 0 Å². The van der Waals surface area contributed by atoms with Gasteiger partial charge in [-0.1, -0.05) is 19.9 Å². The smallest absolute Gasteiger partial charge is 0.201 e. The number of pyridine rings is 1. The van der Waals surface area contributed by atoms with Crippen LogP contribution in [-0.4, -0.2) is 0 Å². The Morgan fingerprint density at radius 3 is 2.26 bits per heavy atom. The molecule has 1 aromatic heterocycles. The molecular formula is C18H24N+. The molecule has 0 unspecified atom stereocenters. The minimum Gasteiger partial charge on any atom is -0.201 e. The molecule has 19 heavy (non-hydrogen) atoms. The maximum absolute atomic E-state index is 2.37. The molecule has 1 nitrogen and oxygen atoms in total. The van der Waals surface area contributed by atoms with Crippen molar-refractivity contribution in [1.29, 1.82) is 0 Å². The molecule has 0 fully saturated rings. The Morgan fingerprint density at radius 2 is 1.63 bits per heavy atom. The van der Waals surface area contributed by atoms with Gasteiger partial charge in [0.1, 0.15) is 7.05 Å². The van der Waals surface area contributed by atoms with Gasteiger partial charge in [0.15, 0.2) is 6.20 Å². The summed E-state index contributed by atoms with van der Waals surface area (Å²) in [7, 11) is 2.11. The standard InChI is InChI=1S/C18H24N/c1-12(2)16-11-17(15(5)10-14(16)4)18-9-13(3)7-8-19(18)6/h7-12H,1-6H3/q+1. The third-order valence-electron chi connectivity index (χ3n) is 3.82. The molecule has 0 atom stereocenters. The molecule has 0 spiro atoms. The summed E-state index contributed by atoms with van der Waals surface area (Å²) >= 11 is 0. The second-order valence-corrected chi connectivity index (χ2v) is 5.88. The Labute approximate surface area is 116 Å². The minimum atomic E-state index is 0.564. The summed E-state index contributed by atoms with van der Waals surface area (Å²) in [4.78, 5) is 0. The van der Waals surface area contributed by atoms with Crippen molar-refractivity contribution in [2.45, 2.75) is 40.5 Å². The molecule has 2 rings (SSSR count). The second kappa shape index (κ2) is 5.16. The predicted molar refractivity (Wildman–Crippen MR) is 81.4 cm³/mol. The van der Waals surface area contributed by atoms with E-state index in [0.717, 1.165) is 0 Å². The van der Waals surface area contributed by atoms with Gasteiger partial charge in [0.2, 0.25) is 5.69 Å². The van der Waals surface area contributed by atoms with Crippen molar-refractivity contribution in [2.75, 3.05) is 0 Å². The summed E-state index contributed by atoms with van der Waals surface area (Å²) < 4.78 is 2.20. The highest BCUT2D eigenvalue weighted by molar-refractivity contribution is 5.64. The zero-order valence-electron chi connectivity index (χ0n) is 12.9. The highest BCUT2D eigenvalue weighted by Crippen LogP contribution is 2.28. The first-order valence-electron chi connectivity index (χ1n) is 6.98. The Kier molecular flexibility index (Phi) is 3.75. The lowest BCUT2D eigenvalue weighted by Gasteiger charge is -2.14. The second-order valence-electron chi connectivity index (χ2n) is 5.88. The SMILES string of the molecule is Cc1cc[n+](C)c(-c2cc(C(C)C)c(C)cc2C)c1. The molecule has 1 aromatic carbocycles. The van der Waals surface area contributed by atoms with Gasteiger partial charge in [-0.2, -0.15) is 0 Å². The fourth-order valence-corrected chi connectivity index (χ4v) is 2.71. The fourth-order valence-electron chi connectivity index (χ4n) is 2.71. The van der Waals surface area contributed by atoms with Crippen LogP contribution in [0.15, 0.2) is 30.5 Å². The van der Waals surface area contributed by atoms with Crippen molar-refractivity contribution in [3.05, 3.63) is 52.7 Å². The molecular weight excluding hydrogens is 230 g/mol. The molecule has 0 saturated heterocycles. The van der Waals surface area contributed by atoms with Crippen molar-refractivity contribution in [3.8, 4) is 11.3 Å². The lowest BCUT2D eigenvalue weighted by atomic mass is 9.91. The molecule has 1 heterocycles. The van der Waals surface area contributed by atoms with E-state index in [2.05, 4.69) is 76.7 Å². The first-order valence-corrected chi connectivity index (χ1v) is 6.98. The highest BCUT2D eigenvalue weighted by atomic mass is 14.9. The van der Waals surface area contributed by atoms with E-state index in [-0.39, 0.29) is 0 Å². The van der Waals surface area contributed by atoms with Crippen LogP contribution in [0.25, 0.3) is 11.3 Å². The summed E-state index contributed by atoms with van der Waals surface area (Å²) in [5.74, 6) is 0.564. The zero-order valence-corrected chi connectivity index (χ0v) is 12.9. The molecule has 1 heteroatoms. The minimum absolute atomic E-state index is 0.564. The van der Waals surface area contributed by atoms with Crippen LogP contribution >= 0.6 is 0 Å². The van der Waals surface area contributed by atoms with Gasteiger partial charge in [-0.05, 0) is 55.0 Å². The molecule has 0 aliphatic carbocycles. The van der Waals surface area contributed by atoms with Gasteiger partial charge >= 0.3 is 0 Å². The van der Waals surface area contributed by atoms with Crippen molar-refractivity contribution in [1.82, 2.24) is 0 Å². The van der Waals surface area contributed by atoms with Crippen molar-refractivity contribution in [2.24, 2.45) is 7.05 Å². The molecule has 0 aliphatic rings. The molecule has 0 N–H and O–H groups in total. The lowest BCUT2D eigenvalue weighted by Crippen LogP contribution is -2.30. The number of rotatable bonds is 2. The largest absolute Gasteiger partial charge is 0.212 e. The first kappa shape index (κ1) is 13.8. The van der Waals surface area contributed by atoms with Crippen LogP contribution in [0.4, 0.5) is 0 Å². The lowest BCUT2D eigenvalue weighted by molar-refractivity contribution is -0.660. The van der Waals surface area contributed by atoms with E-state index >= 15 is 0 Å². The van der Waals surface area contributed by atoms with Gasteiger partial charge < -0.3 is 0 Å². The van der Waals surface area contributed by atoms with Crippen LogP contribution in [-0.2, 0) is 7.05 Å². The van der Waals surface area contributed by atoms with Crippen LogP contribution in [0.1, 0.15) is 42.0 Å². The van der Waals surface area contributed by atoms with Crippen molar-refractivity contribution >= 4 is 0 Å². The highest BCUT2D eigenvalue weighted by Gasteiger charge is 2.15. The van der Waals surface area contributed by atoms with Crippen LogP contribution in [0.3, 0.4) is 0 Å². The summed E-state index contributed by atoms with van der Waals surface area (Å²) in [6.45, 7) is 11.1. The Bertz CT molecular complexity index is 609. The van der Waals surface area contributed by atoms with Gasteiger partial charge in [-0.3, -0.25) is 0 Å². The van der Waals surface area contributed by atoms with Gasteiger partial charge in [0, 0.05) is 17.7 Å². The summed E-state index contributed by atoms with van der Waals surface area (Å²) in [6.07, 6.45) is 2.14. The summed E-state index contributed by atoms with van der Waals surface area (Å²) in [5.41, 5.74) is 8.14. The van der Waals surface area contributed by atoms with E-state index in [4.69, 9.17) is 0 Å². The van der Waals surface area contributed by atoms with Crippen molar-refractivity contribution in [3.63, 3.8) is 0 Å². The number of aromatic nitrogens is 1. The van der Waals surface area contributed by atoms with Crippen LogP contribution in [0.5, 0.6) is 0 Å². The van der Waals surface area contributed by atoms with E-state index in [1.807, 2.05) is 0 Å². The van der Waals surface area contributed by atoms with E-state index in [1.54, 1.807) is 0 Å². The molecule has 0 amide bonds.